The van der Waals surface area contributed by atoms with Gasteiger partial charge in [0.1, 0.15) is 12.1 Å². The summed E-state index contributed by atoms with van der Waals surface area (Å²) in [6.07, 6.45) is 4.02. The van der Waals surface area contributed by atoms with Crippen LogP contribution in [0, 0.1) is 0 Å². The molecule has 2 rings (SSSR count). The SMILES string of the molecule is CNC(=O)[C@@H](Cc1cccs1)N(C)C(=O)[C@@H](COCc1ccccc1)N(C)C(=O)C=CCC(C)(C)N. The van der Waals surface area contributed by atoms with E-state index in [2.05, 4.69) is 5.32 Å². The fourth-order valence-electron chi connectivity index (χ4n) is 3.53. The van der Waals surface area contributed by atoms with Crippen LogP contribution >= 0.6 is 11.3 Å². The summed E-state index contributed by atoms with van der Waals surface area (Å²) >= 11 is 1.52. The van der Waals surface area contributed by atoms with Crippen LogP contribution in [-0.2, 0) is 32.1 Å². The van der Waals surface area contributed by atoms with Crippen LogP contribution in [0.15, 0.2) is 60.0 Å². The van der Waals surface area contributed by atoms with Crippen LogP contribution in [0.2, 0.25) is 0 Å². The van der Waals surface area contributed by atoms with Gasteiger partial charge < -0.3 is 25.6 Å². The van der Waals surface area contributed by atoms with E-state index in [4.69, 9.17) is 10.5 Å². The molecular formula is C27H38N4O4S. The molecule has 0 fully saturated rings. The molecule has 2 atom stereocenters. The number of nitrogens with zero attached hydrogens (tertiary/aromatic N) is 2. The highest BCUT2D eigenvalue weighted by Crippen LogP contribution is 2.16. The highest BCUT2D eigenvalue weighted by atomic mass is 32.1. The van der Waals surface area contributed by atoms with Crippen molar-refractivity contribution in [1.82, 2.24) is 15.1 Å². The number of nitrogens with one attached hydrogen (secondary N) is 1. The van der Waals surface area contributed by atoms with Crippen LogP contribution in [0.25, 0.3) is 0 Å². The lowest BCUT2D eigenvalue weighted by Gasteiger charge is -2.33. The highest BCUT2D eigenvalue weighted by Gasteiger charge is 2.34. The van der Waals surface area contributed by atoms with Crippen molar-refractivity contribution in [2.75, 3.05) is 27.7 Å². The molecule has 1 heterocycles. The number of carbonyl (C=O) groups excluding carboxylic acids is 3. The molecule has 0 aliphatic carbocycles. The number of rotatable bonds is 13. The molecule has 3 N–H and O–H groups in total. The van der Waals surface area contributed by atoms with Crippen molar-refractivity contribution >= 4 is 29.1 Å². The van der Waals surface area contributed by atoms with E-state index in [-0.39, 0.29) is 24.3 Å². The van der Waals surface area contributed by atoms with Crippen molar-refractivity contribution in [3.8, 4) is 0 Å². The van der Waals surface area contributed by atoms with Crippen LogP contribution < -0.4 is 11.1 Å². The Hall–Kier alpha value is -3.01. The zero-order chi connectivity index (χ0) is 26.7. The second kappa shape index (κ2) is 13.9. The summed E-state index contributed by atoms with van der Waals surface area (Å²) in [4.78, 5) is 43.1. The first-order valence-electron chi connectivity index (χ1n) is 11.9. The van der Waals surface area contributed by atoms with Gasteiger partial charge in [0.15, 0.2) is 0 Å². The first kappa shape index (κ1) is 29.2. The number of nitrogens with two attached hydrogens (primary N) is 1. The van der Waals surface area contributed by atoms with Gasteiger partial charge in [0, 0.05) is 38.0 Å². The van der Waals surface area contributed by atoms with Gasteiger partial charge in [0.05, 0.1) is 13.2 Å². The standard InChI is InChI=1S/C27H38N4O4S/c1-27(2,28)15-9-14-24(32)30(4)23(19-35-18-20-11-7-6-8-12-20)26(34)31(5)22(25(33)29-3)17-21-13-10-16-36-21/h6-14,16,22-23H,15,17-19,28H2,1-5H3,(H,29,33)/t22-,23-/m1/s1. The largest absolute Gasteiger partial charge is 0.374 e. The molecule has 36 heavy (non-hydrogen) atoms. The molecule has 3 amide bonds. The Balaban J connectivity index is 2.23. The summed E-state index contributed by atoms with van der Waals surface area (Å²) in [5.74, 6) is -0.997. The molecule has 0 aliphatic rings. The van der Waals surface area contributed by atoms with Gasteiger partial charge in [-0.2, -0.15) is 0 Å². The van der Waals surface area contributed by atoms with Crippen molar-refractivity contribution in [3.05, 3.63) is 70.4 Å². The van der Waals surface area contributed by atoms with E-state index in [1.807, 2.05) is 61.7 Å². The number of benzene rings is 1. The molecule has 0 saturated heterocycles. The van der Waals surface area contributed by atoms with Crippen LogP contribution in [0.4, 0.5) is 0 Å². The molecule has 0 spiro atoms. The van der Waals surface area contributed by atoms with Crippen molar-refractivity contribution in [2.45, 2.75) is 50.9 Å². The van der Waals surface area contributed by atoms with E-state index in [9.17, 15) is 14.4 Å². The molecule has 0 radical (unpaired) electrons. The van der Waals surface area contributed by atoms with Gasteiger partial charge in [-0.15, -0.1) is 11.3 Å². The molecule has 8 nitrogen and oxygen atoms in total. The highest BCUT2D eigenvalue weighted by molar-refractivity contribution is 7.09. The molecule has 2 aromatic rings. The number of ether oxygens (including phenoxy) is 1. The maximum absolute atomic E-state index is 13.7. The predicted octanol–water partition coefficient (Wildman–Crippen LogP) is 2.59. The predicted molar refractivity (Wildman–Crippen MR) is 143 cm³/mol. The van der Waals surface area contributed by atoms with Gasteiger partial charge in [0.2, 0.25) is 17.7 Å². The van der Waals surface area contributed by atoms with Crippen molar-refractivity contribution in [3.63, 3.8) is 0 Å². The summed E-state index contributed by atoms with van der Waals surface area (Å²) in [5, 5.41) is 4.58. The third kappa shape index (κ3) is 9.22. The summed E-state index contributed by atoms with van der Waals surface area (Å²) in [6.45, 7) is 4.02. The topological polar surface area (TPSA) is 105 Å². The first-order valence-corrected chi connectivity index (χ1v) is 12.8. The van der Waals surface area contributed by atoms with Gasteiger partial charge in [-0.25, -0.2) is 0 Å². The molecule has 9 heteroatoms. The zero-order valence-electron chi connectivity index (χ0n) is 21.8. The summed E-state index contributed by atoms with van der Waals surface area (Å²) in [7, 11) is 4.70. The van der Waals surface area contributed by atoms with Gasteiger partial charge in [-0.1, -0.05) is 42.5 Å². The molecular weight excluding hydrogens is 476 g/mol. The van der Waals surface area contributed by atoms with Gasteiger partial charge in [0.25, 0.3) is 0 Å². The first-order chi connectivity index (χ1) is 17.0. The Kier molecular flexibility index (Phi) is 11.3. The molecule has 1 aromatic carbocycles. The second-order valence-electron chi connectivity index (χ2n) is 9.42. The Bertz CT molecular complexity index is 1000. The molecule has 0 unspecified atom stereocenters. The van der Waals surface area contributed by atoms with E-state index in [0.717, 1.165) is 10.4 Å². The minimum absolute atomic E-state index is 0.0179. The minimum Gasteiger partial charge on any atom is -0.374 e. The van der Waals surface area contributed by atoms with E-state index in [0.29, 0.717) is 19.4 Å². The second-order valence-corrected chi connectivity index (χ2v) is 10.5. The average Bonchev–Trinajstić information content (AvgIpc) is 3.36. The lowest BCUT2D eigenvalue weighted by molar-refractivity contribution is -0.148. The molecule has 0 aliphatic heterocycles. The minimum atomic E-state index is -0.919. The Morgan fingerprint density at radius 2 is 1.78 bits per heavy atom. The molecule has 0 bridgehead atoms. The maximum atomic E-state index is 13.7. The molecule has 1 aromatic heterocycles. The van der Waals surface area contributed by atoms with Gasteiger partial charge in [-0.3, -0.25) is 14.4 Å². The number of hydrogen-bond donors (Lipinski definition) is 2. The quantitative estimate of drug-likeness (QED) is 0.400. The average molecular weight is 515 g/mol. The fourth-order valence-corrected chi connectivity index (χ4v) is 4.27. The van der Waals surface area contributed by atoms with E-state index in [1.54, 1.807) is 27.2 Å². The third-order valence-corrected chi connectivity index (χ3v) is 6.63. The van der Waals surface area contributed by atoms with E-state index >= 15 is 0 Å². The Morgan fingerprint density at radius 3 is 2.36 bits per heavy atom. The molecule has 0 saturated carbocycles. The van der Waals surface area contributed by atoms with E-state index in [1.165, 1.54) is 27.2 Å². The van der Waals surface area contributed by atoms with Crippen molar-refractivity contribution in [2.24, 2.45) is 5.73 Å². The Labute approximate surface area is 218 Å². The third-order valence-electron chi connectivity index (χ3n) is 5.73. The van der Waals surface area contributed by atoms with Gasteiger partial charge in [-0.05, 0) is 43.4 Å². The maximum Gasteiger partial charge on any atom is 0.248 e. The number of hydrogen-bond acceptors (Lipinski definition) is 6. The number of likely N-dealkylation sites (N-methyl/N-ethyl adjacent to an activating group) is 3. The van der Waals surface area contributed by atoms with Crippen LogP contribution in [0.1, 0.15) is 30.7 Å². The van der Waals surface area contributed by atoms with Crippen LogP contribution in [0.3, 0.4) is 0 Å². The smallest absolute Gasteiger partial charge is 0.248 e. The van der Waals surface area contributed by atoms with Crippen LogP contribution in [0.5, 0.6) is 0 Å². The summed E-state index contributed by atoms with van der Waals surface area (Å²) in [6, 6.07) is 11.8. The normalized spacial score (nSPS) is 13.3. The zero-order valence-corrected chi connectivity index (χ0v) is 22.6. The Morgan fingerprint density at radius 1 is 1.08 bits per heavy atom. The molecule has 196 valence electrons. The summed E-state index contributed by atoms with van der Waals surface area (Å²) < 4.78 is 5.87. The van der Waals surface area contributed by atoms with Crippen molar-refractivity contribution in [1.29, 1.82) is 0 Å². The lowest BCUT2D eigenvalue weighted by Crippen LogP contribution is -2.56. The monoisotopic (exact) mass is 514 g/mol. The van der Waals surface area contributed by atoms with E-state index < -0.39 is 17.6 Å². The fraction of sp³-hybridized carbons (Fsp3) is 0.444. The lowest BCUT2D eigenvalue weighted by atomic mass is 10.0. The van der Waals surface area contributed by atoms with Gasteiger partial charge >= 0.3 is 0 Å². The number of carbonyl (C=O) groups is 3. The van der Waals surface area contributed by atoms with Crippen LogP contribution in [-0.4, -0.2) is 72.9 Å². The number of thiophene rings is 1. The van der Waals surface area contributed by atoms with Crippen molar-refractivity contribution < 1.29 is 19.1 Å². The summed E-state index contributed by atoms with van der Waals surface area (Å²) in [5.41, 5.74) is 6.51. The number of amides is 3.